The molecule has 10 heavy (non-hydrogen) atoms. The third-order valence-corrected chi connectivity index (χ3v) is 1.18. The van der Waals surface area contributed by atoms with Crippen molar-refractivity contribution in [2.45, 2.75) is 32.3 Å². The van der Waals surface area contributed by atoms with E-state index in [0.29, 0.717) is 6.54 Å². The summed E-state index contributed by atoms with van der Waals surface area (Å²) < 4.78 is 0. The number of hydrogen-bond acceptors (Lipinski definition) is 4. The summed E-state index contributed by atoms with van der Waals surface area (Å²) in [6.45, 7) is 3.63. The van der Waals surface area contributed by atoms with Crippen LogP contribution in [0.4, 0.5) is 0 Å². The summed E-state index contributed by atoms with van der Waals surface area (Å²) in [5.41, 5.74) is 0. The second-order valence-electron chi connectivity index (χ2n) is 2.46. The van der Waals surface area contributed by atoms with E-state index in [1.165, 1.54) is 0 Å². The zero-order chi connectivity index (χ0) is 8.15. The molecule has 0 amide bonds. The molecule has 0 radical (unpaired) electrons. The lowest BCUT2D eigenvalue weighted by molar-refractivity contribution is -0.0637. The molecule has 0 fully saturated rings. The zero-order valence-electron chi connectivity index (χ0n) is 6.28. The lowest BCUT2D eigenvalue weighted by Crippen LogP contribution is -2.40. The van der Waals surface area contributed by atoms with Gasteiger partial charge in [0.1, 0.15) is 0 Å². The predicted octanol–water partition coefficient (Wildman–Crippen LogP) is -1.34. The topological polar surface area (TPSA) is 72.7 Å². The van der Waals surface area contributed by atoms with E-state index in [9.17, 15) is 0 Å². The van der Waals surface area contributed by atoms with Crippen LogP contribution in [0.25, 0.3) is 0 Å². The van der Waals surface area contributed by atoms with Crippen molar-refractivity contribution < 1.29 is 15.3 Å². The molecule has 0 saturated heterocycles. The van der Waals surface area contributed by atoms with Crippen molar-refractivity contribution in [2.24, 2.45) is 0 Å². The molecule has 0 aromatic rings. The van der Waals surface area contributed by atoms with Gasteiger partial charge in [-0.15, -0.1) is 0 Å². The van der Waals surface area contributed by atoms with Crippen molar-refractivity contribution in [3.8, 4) is 0 Å². The van der Waals surface area contributed by atoms with Gasteiger partial charge in [0, 0.05) is 6.54 Å². The standard InChI is InChI=1S/C6H15NO3/c1-4(8)3-7-5(2)6(9)10/h4-10H,3H2,1-2H3. The predicted molar refractivity (Wildman–Crippen MR) is 37.4 cm³/mol. The molecule has 4 N–H and O–H groups in total. The van der Waals surface area contributed by atoms with E-state index >= 15 is 0 Å². The van der Waals surface area contributed by atoms with Crippen molar-refractivity contribution in [3.63, 3.8) is 0 Å². The first-order valence-corrected chi connectivity index (χ1v) is 3.31. The van der Waals surface area contributed by atoms with Gasteiger partial charge in [0.05, 0.1) is 12.1 Å². The lowest BCUT2D eigenvalue weighted by atomic mass is 10.3. The molecule has 2 unspecified atom stereocenters. The van der Waals surface area contributed by atoms with E-state index in [-0.39, 0.29) is 0 Å². The van der Waals surface area contributed by atoms with Gasteiger partial charge in [-0.1, -0.05) is 0 Å². The minimum Gasteiger partial charge on any atom is -0.392 e. The maximum absolute atomic E-state index is 8.76. The van der Waals surface area contributed by atoms with Crippen LogP contribution in [0.3, 0.4) is 0 Å². The molecule has 0 aromatic heterocycles. The van der Waals surface area contributed by atoms with Gasteiger partial charge in [0.25, 0.3) is 0 Å². The lowest BCUT2D eigenvalue weighted by Gasteiger charge is -2.16. The summed E-state index contributed by atoms with van der Waals surface area (Å²) >= 11 is 0. The molecule has 0 aromatic carbocycles. The Kier molecular flexibility index (Phi) is 4.55. The van der Waals surface area contributed by atoms with Crippen LogP contribution in [0.2, 0.25) is 0 Å². The van der Waals surface area contributed by atoms with Gasteiger partial charge >= 0.3 is 0 Å². The number of hydrogen-bond donors (Lipinski definition) is 4. The molecular formula is C6H15NO3. The van der Waals surface area contributed by atoms with Gasteiger partial charge in [-0.2, -0.15) is 0 Å². The van der Waals surface area contributed by atoms with E-state index < -0.39 is 18.4 Å². The average Bonchev–Trinajstić information content (AvgIpc) is 1.82. The van der Waals surface area contributed by atoms with Gasteiger partial charge in [-0.05, 0) is 13.8 Å². The van der Waals surface area contributed by atoms with Crippen LogP contribution in [-0.2, 0) is 0 Å². The largest absolute Gasteiger partial charge is 0.392 e. The molecule has 0 saturated carbocycles. The van der Waals surface area contributed by atoms with E-state index in [0.717, 1.165) is 0 Å². The second-order valence-corrected chi connectivity index (χ2v) is 2.46. The van der Waals surface area contributed by atoms with Crippen LogP contribution >= 0.6 is 0 Å². The molecule has 0 rings (SSSR count). The Labute approximate surface area is 60.5 Å². The number of nitrogens with one attached hydrogen (secondary N) is 1. The summed E-state index contributed by atoms with van der Waals surface area (Å²) in [4.78, 5) is 0. The summed E-state index contributed by atoms with van der Waals surface area (Å²) in [6.07, 6.45) is -1.82. The Balaban J connectivity index is 3.30. The highest BCUT2D eigenvalue weighted by atomic mass is 16.5. The van der Waals surface area contributed by atoms with E-state index in [1.54, 1.807) is 13.8 Å². The maximum atomic E-state index is 8.76. The molecule has 0 spiro atoms. The number of rotatable bonds is 4. The minimum atomic E-state index is -1.36. The Bertz CT molecular complexity index is 85.1. The van der Waals surface area contributed by atoms with Gasteiger partial charge in [-0.3, -0.25) is 0 Å². The van der Waals surface area contributed by atoms with Gasteiger partial charge in [-0.25, -0.2) is 0 Å². The number of aliphatic hydroxyl groups excluding tert-OH is 2. The van der Waals surface area contributed by atoms with Crippen molar-refractivity contribution >= 4 is 0 Å². The van der Waals surface area contributed by atoms with Crippen LogP contribution in [0.1, 0.15) is 13.8 Å². The van der Waals surface area contributed by atoms with Crippen LogP contribution in [0.5, 0.6) is 0 Å². The first-order chi connectivity index (χ1) is 4.54. The first kappa shape index (κ1) is 9.84. The SMILES string of the molecule is CC(O)CNC(C)C(O)O. The number of aliphatic hydroxyl groups is 3. The third-order valence-electron chi connectivity index (χ3n) is 1.18. The Hall–Kier alpha value is -0.160. The van der Waals surface area contributed by atoms with E-state index in [2.05, 4.69) is 5.32 Å². The summed E-state index contributed by atoms with van der Waals surface area (Å²) in [7, 11) is 0. The molecule has 0 bridgehead atoms. The second kappa shape index (κ2) is 4.62. The van der Waals surface area contributed by atoms with Crippen LogP contribution < -0.4 is 5.32 Å². The Morgan fingerprint density at radius 1 is 1.20 bits per heavy atom. The summed E-state index contributed by atoms with van der Waals surface area (Å²) in [5, 5.41) is 28.6. The van der Waals surface area contributed by atoms with Crippen LogP contribution in [-0.4, -0.2) is 40.3 Å². The van der Waals surface area contributed by atoms with Crippen LogP contribution in [0.15, 0.2) is 0 Å². The van der Waals surface area contributed by atoms with Crippen molar-refractivity contribution in [3.05, 3.63) is 0 Å². The van der Waals surface area contributed by atoms with Crippen molar-refractivity contribution in [1.82, 2.24) is 5.32 Å². The normalized spacial score (nSPS) is 17.4. The van der Waals surface area contributed by atoms with E-state index in [4.69, 9.17) is 15.3 Å². The van der Waals surface area contributed by atoms with Crippen molar-refractivity contribution in [2.75, 3.05) is 6.54 Å². The third kappa shape index (κ3) is 4.69. The Morgan fingerprint density at radius 3 is 2.00 bits per heavy atom. The molecule has 2 atom stereocenters. The summed E-state index contributed by atoms with van der Waals surface area (Å²) in [5.74, 6) is 0. The fourth-order valence-electron chi connectivity index (χ4n) is 0.462. The fraction of sp³-hybridized carbons (Fsp3) is 1.00. The quantitative estimate of drug-likeness (QED) is 0.373. The molecule has 4 nitrogen and oxygen atoms in total. The highest BCUT2D eigenvalue weighted by molar-refractivity contribution is 4.63. The van der Waals surface area contributed by atoms with Gasteiger partial charge in [0.15, 0.2) is 6.29 Å². The molecule has 4 heteroatoms. The van der Waals surface area contributed by atoms with Gasteiger partial charge in [0.2, 0.25) is 0 Å². The average molecular weight is 149 g/mol. The highest BCUT2D eigenvalue weighted by Crippen LogP contribution is 1.87. The molecular weight excluding hydrogens is 134 g/mol. The smallest absolute Gasteiger partial charge is 0.166 e. The zero-order valence-corrected chi connectivity index (χ0v) is 6.28. The summed E-state index contributed by atoms with van der Waals surface area (Å²) in [6, 6.07) is -0.394. The molecule has 62 valence electrons. The van der Waals surface area contributed by atoms with Gasteiger partial charge < -0.3 is 20.6 Å². The Morgan fingerprint density at radius 2 is 1.70 bits per heavy atom. The monoisotopic (exact) mass is 149 g/mol. The first-order valence-electron chi connectivity index (χ1n) is 3.31. The minimum absolute atomic E-state index is 0.374. The van der Waals surface area contributed by atoms with Crippen LogP contribution in [0, 0.1) is 0 Å². The molecule has 0 aliphatic carbocycles. The molecule has 0 aliphatic heterocycles. The van der Waals surface area contributed by atoms with E-state index in [1.807, 2.05) is 0 Å². The molecule has 0 heterocycles. The van der Waals surface area contributed by atoms with Crippen molar-refractivity contribution in [1.29, 1.82) is 0 Å². The highest BCUT2D eigenvalue weighted by Gasteiger charge is 2.09. The fourth-order valence-corrected chi connectivity index (χ4v) is 0.462. The maximum Gasteiger partial charge on any atom is 0.166 e. The molecule has 0 aliphatic rings.